The number of benzene rings is 2. The van der Waals surface area contributed by atoms with Crippen LogP contribution in [0.1, 0.15) is 54.6 Å². The van der Waals surface area contributed by atoms with Crippen molar-refractivity contribution >= 4 is 11.9 Å². The number of likely N-dealkylation sites (tertiary alicyclic amines) is 1. The number of hydrogen-bond donors (Lipinski definition) is 1. The number of rotatable bonds is 9. The molecule has 0 unspecified atom stereocenters. The Morgan fingerprint density at radius 3 is 2.52 bits per heavy atom. The molecule has 0 aliphatic carbocycles. The van der Waals surface area contributed by atoms with Gasteiger partial charge in [-0.25, -0.2) is 4.79 Å². The van der Waals surface area contributed by atoms with E-state index in [-0.39, 0.29) is 24.0 Å². The smallest absolute Gasteiger partial charge is 0.337 e. The van der Waals surface area contributed by atoms with Crippen LogP contribution < -0.4 is 10.1 Å². The van der Waals surface area contributed by atoms with E-state index in [0.717, 1.165) is 50.1 Å². The van der Waals surface area contributed by atoms with Gasteiger partial charge in [0.2, 0.25) is 5.91 Å². The second kappa shape index (κ2) is 11.5. The monoisotopic (exact) mass is 424 g/mol. The molecule has 0 spiro atoms. The molecule has 2 atom stereocenters. The van der Waals surface area contributed by atoms with E-state index in [9.17, 15) is 9.59 Å². The Hall–Kier alpha value is -2.86. The fraction of sp³-hybridized carbons (Fsp3) is 0.440. The van der Waals surface area contributed by atoms with E-state index in [2.05, 4.69) is 10.2 Å². The topological polar surface area (TPSA) is 67.9 Å². The Kier molecular flexibility index (Phi) is 8.47. The highest BCUT2D eigenvalue weighted by Crippen LogP contribution is 2.21. The number of esters is 1. The molecule has 2 aromatic carbocycles. The summed E-state index contributed by atoms with van der Waals surface area (Å²) in [4.78, 5) is 27.0. The van der Waals surface area contributed by atoms with Gasteiger partial charge in [0.15, 0.2) is 0 Å². The Morgan fingerprint density at radius 1 is 1.10 bits per heavy atom. The number of piperidine rings is 1. The maximum Gasteiger partial charge on any atom is 0.337 e. The number of para-hydroxylation sites is 1. The molecule has 1 N–H and O–H groups in total. The summed E-state index contributed by atoms with van der Waals surface area (Å²) in [6.07, 6.45) is 3.78. The number of carbonyl (C=O) groups is 2. The van der Waals surface area contributed by atoms with Gasteiger partial charge in [0, 0.05) is 6.54 Å². The first-order valence-corrected chi connectivity index (χ1v) is 11.0. The van der Waals surface area contributed by atoms with E-state index >= 15 is 0 Å². The first kappa shape index (κ1) is 22.8. The van der Waals surface area contributed by atoms with Crippen molar-refractivity contribution < 1.29 is 19.1 Å². The summed E-state index contributed by atoms with van der Waals surface area (Å²) < 4.78 is 10.6. The summed E-state index contributed by atoms with van der Waals surface area (Å²) >= 11 is 0. The zero-order valence-corrected chi connectivity index (χ0v) is 18.4. The maximum absolute atomic E-state index is 13.1. The third kappa shape index (κ3) is 6.31. The van der Waals surface area contributed by atoms with Crippen molar-refractivity contribution in [2.24, 2.45) is 0 Å². The lowest BCUT2D eigenvalue weighted by Crippen LogP contribution is -2.51. The van der Waals surface area contributed by atoms with Crippen LogP contribution in [-0.2, 0) is 9.53 Å². The molecule has 31 heavy (non-hydrogen) atoms. The molecule has 0 radical (unpaired) electrons. The average Bonchev–Trinajstić information content (AvgIpc) is 2.83. The molecule has 0 saturated carbocycles. The predicted molar refractivity (Wildman–Crippen MR) is 120 cm³/mol. The first-order chi connectivity index (χ1) is 15.1. The van der Waals surface area contributed by atoms with Gasteiger partial charge in [0.05, 0.1) is 24.8 Å². The molecule has 166 valence electrons. The Labute approximate surface area is 184 Å². The lowest BCUT2D eigenvalue weighted by atomic mass is 9.99. The van der Waals surface area contributed by atoms with Crippen LogP contribution in [-0.4, -0.2) is 49.6 Å². The van der Waals surface area contributed by atoms with Crippen LogP contribution in [0, 0.1) is 0 Å². The van der Waals surface area contributed by atoms with Crippen molar-refractivity contribution in [1.29, 1.82) is 0 Å². The van der Waals surface area contributed by atoms with Gasteiger partial charge in [0.1, 0.15) is 12.4 Å². The third-order valence-corrected chi connectivity index (χ3v) is 5.77. The lowest BCUT2D eigenvalue weighted by Gasteiger charge is -2.35. The summed E-state index contributed by atoms with van der Waals surface area (Å²) in [7, 11) is 1.37. The van der Waals surface area contributed by atoms with E-state index in [0.29, 0.717) is 12.2 Å². The molecule has 0 bridgehead atoms. The van der Waals surface area contributed by atoms with Crippen LogP contribution >= 0.6 is 0 Å². The van der Waals surface area contributed by atoms with E-state index in [4.69, 9.17) is 9.47 Å². The number of ether oxygens (including phenoxy) is 2. The number of methoxy groups -OCH3 is 1. The van der Waals surface area contributed by atoms with E-state index in [1.807, 2.05) is 49.4 Å². The predicted octanol–water partition coefficient (Wildman–Crippen LogP) is 3.97. The fourth-order valence-corrected chi connectivity index (χ4v) is 4.01. The minimum Gasteiger partial charge on any atom is -0.492 e. The van der Waals surface area contributed by atoms with Crippen molar-refractivity contribution in [3.8, 4) is 5.75 Å². The Morgan fingerprint density at radius 2 is 1.84 bits per heavy atom. The molecule has 6 nitrogen and oxygen atoms in total. The van der Waals surface area contributed by atoms with Gasteiger partial charge >= 0.3 is 5.97 Å². The molecule has 1 heterocycles. The number of amides is 1. The van der Waals surface area contributed by atoms with Crippen LogP contribution in [0.15, 0.2) is 54.6 Å². The molecule has 0 aromatic heterocycles. The first-order valence-electron chi connectivity index (χ1n) is 11.0. The molecule has 1 fully saturated rings. The summed E-state index contributed by atoms with van der Waals surface area (Å²) in [5, 5.41) is 3.22. The van der Waals surface area contributed by atoms with Crippen LogP contribution in [0.5, 0.6) is 5.75 Å². The summed E-state index contributed by atoms with van der Waals surface area (Å²) in [6, 6.07) is 16.8. The third-order valence-electron chi connectivity index (χ3n) is 5.77. The standard InChI is InChI=1S/C25H32N2O4/c1-3-22(19-12-14-20(15-13-19)25(29)30-2)26-24(28)23-11-7-8-16-27(23)17-18-31-21-9-5-4-6-10-21/h4-6,9-10,12-15,22-23H,3,7-8,11,16-18H2,1-2H3,(H,26,28)/t22-,23+/m0/s1. The SMILES string of the molecule is CC[C@H](NC(=O)[C@H]1CCCCN1CCOc1ccccc1)c1ccc(C(=O)OC)cc1. The average molecular weight is 425 g/mol. The molecule has 1 aliphatic heterocycles. The molecular weight excluding hydrogens is 392 g/mol. The lowest BCUT2D eigenvalue weighted by molar-refractivity contribution is -0.128. The van der Waals surface area contributed by atoms with Gasteiger partial charge in [-0.2, -0.15) is 0 Å². The summed E-state index contributed by atoms with van der Waals surface area (Å²) in [5.74, 6) is 0.546. The van der Waals surface area contributed by atoms with Crippen molar-refractivity contribution in [2.75, 3.05) is 26.8 Å². The highest BCUT2D eigenvalue weighted by Gasteiger charge is 2.29. The van der Waals surface area contributed by atoms with Crippen molar-refractivity contribution in [3.63, 3.8) is 0 Å². The normalized spacial score (nSPS) is 17.5. The number of nitrogens with zero attached hydrogens (tertiary/aromatic N) is 1. The molecule has 2 aromatic rings. The van der Waals surface area contributed by atoms with Gasteiger partial charge in [-0.3, -0.25) is 9.69 Å². The minimum absolute atomic E-state index is 0.0586. The van der Waals surface area contributed by atoms with Gasteiger partial charge in [-0.1, -0.05) is 43.7 Å². The molecular formula is C25H32N2O4. The van der Waals surface area contributed by atoms with Gasteiger partial charge in [-0.05, 0) is 55.6 Å². The fourth-order valence-electron chi connectivity index (χ4n) is 4.01. The van der Waals surface area contributed by atoms with E-state index in [1.165, 1.54) is 7.11 Å². The molecule has 1 aliphatic rings. The van der Waals surface area contributed by atoms with Crippen molar-refractivity contribution in [2.45, 2.75) is 44.7 Å². The molecule has 1 saturated heterocycles. The Bertz CT molecular complexity index is 838. The minimum atomic E-state index is -0.362. The van der Waals surface area contributed by atoms with Crippen molar-refractivity contribution in [3.05, 3.63) is 65.7 Å². The second-order valence-electron chi connectivity index (χ2n) is 7.79. The zero-order chi connectivity index (χ0) is 22.1. The number of carbonyl (C=O) groups excluding carboxylic acids is 2. The van der Waals surface area contributed by atoms with Gasteiger partial charge in [-0.15, -0.1) is 0 Å². The van der Waals surface area contributed by atoms with Gasteiger partial charge in [0.25, 0.3) is 0 Å². The number of nitrogens with one attached hydrogen (secondary N) is 1. The highest BCUT2D eigenvalue weighted by atomic mass is 16.5. The molecule has 6 heteroatoms. The van der Waals surface area contributed by atoms with E-state index < -0.39 is 0 Å². The van der Waals surface area contributed by atoms with E-state index in [1.54, 1.807) is 12.1 Å². The maximum atomic E-state index is 13.1. The zero-order valence-electron chi connectivity index (χ0n) is 18.4. The molecule has 3 rings (SSSR count). The highest BCUT2D eigenvalue weighted by molar-refractivity contribution is 5.89. The van der Waals surface area contributed by atoms with Crippen LogP contribution in [0.4, 0.5) is 0 Å². The second-order valence-corrected chi connectivity index (χ2v) is 7.79. The molecule has 1 amide bonds. The largest absolute Gasteiger partial charge is 0.492 e. The van der Waals surface area contributed by atoms with Crippen LogP contribution in [0.3, 0.4) is 0 Å². The summed E-state index contributed by atoms with van der Waals surface area (Å²) in [5.41, 5.74) is 1.49. The Balaban J connectivity index is 1.58. The quantitative estimate of drug-likeness (QED) is 0.617. The van der Waals surface area contributed by atoms with Crippen LogP contribution in [0.2, 0.25) is 0 Å². The summed E-state index contributed by atoms with van der Waals surface area (Å²) in [6.45, 7) is 4.23. The van der Waals surface area contributed by atoms with Gasteiger partial charge < -0.3 is 14.8 Å². The van der Waals surface area contributed by atoms with Crippen molar-refractivity contribution in [1.82, 2.24) is 10.2 Å². The van der Waals surface area contributed by atoms with Crippen LogP contribution in [0.25, 0.3) is 0 Å². The number of hydrogen-bond acceptors (Lipinski definition) is 5.